The third-order valence-electron chi connectivity index (χ3n) is 11.9. The summed E-state index contributed by atoms with van der Waals surface area (Å²) in [6.07, 6.45) is 7.60. The summed E-state index contributed by atoms with van der Waals surface area (Å²) in [5.41, 5.74) is -0.286. The van der Waals surface area contributed by atoms with Crippen LogP contribution in [-0.4, -0.2) is 78.9 Å². The molecule has 1 saturated carbocycles. The molecule has 0 aromatic heterocycles. The molecule has 2 heterocycles. The lowest BCUT2D eigenvalue weighted by Crippen LogP contribution is -2.68. The average Bonchev–Trinajstić information content (AvgIpc) is 3.90. The van der Waals surface area contributed by atoms with Gasteiger partial charge in [-0.25, -0.2) is 0 Å². The maximum Gasteiger partial charge on any atom is 0.262 e. The highest BCUT2D eigenvalue weighted by atomic mass is 28.4. The minimum Gasteiger partial charge on any atom is -0.398 e. The Kier molecular flexibility index (Phi) is 13.3. The van der Waals surface area contributed by atoms with Gasteiger partial charge in [-0.05, 0) is 66.4 Å². The van der Waals surface area contributed by atoms with Gasteiger partial charge >= 0.3 is 0 Å². The molecule has 10 nitrogen and oxygen atoms in total. The first-order chi connectivity index (χ1) is 27.3. The van der Waals surface area contributed by atoms with Crippen LogP contribution in [0.4, 0.5) is 0 Å². The van der Waals surface area contributed by atoms with Crippen molar-refractivity contribution in [2.75, 3.05) is 6.54 Å². The van der Waals surface area contributed by atoms with Crippen LogP contribution >= 0.6 is 0 Å². The van der Waals surface area contributed by atoms with Gasteiger partial charge in [0.1, 0.15) is 29.8 Å². The molecule has 4 amide bonds. The Hall–Kier alpha value is -4.87. The van der Waals surface area contributed by atoms with Crippen LogP contribution in [0.5, 0.6) is 0 Å². The number of carbonyl (C=O) groups is 5. The highest BCUT2D eigenvalue weighted by Gasteiger charge is 2.52. The SMILES string of the molecule is C[C@@H](O[Si](c1ccccc1)(c1ccccc1)C(C)(C)C)C(=O)CC=CCC[C@@H]1NC(=O)[C@H]2CCCN2C(=O)[C@H](Cc2ccccc2)NC(=O)C2(CCCC2)NC1=O. The minimum absolute atomic E-state index is 0.0537. The lowest BCUT2D eigenvalue weighted by atomic mass is 9.93. The summed E-state index contributed by atoms with van der Waals surface area (Å²) in [5, 5.41) is 11.0. The Bertz CT molecular complexity index is 1870. The van der Waals surface area contributed by atoms with E-state index < -0.39 is 44.0 Å². The Morgan fingerprint density at radius 3 is 2.02 bits per heavy atom. The quantitative estimate of drug-likeness (QED) is 0.177. The van der Waals surface area contributed by atoms with Crippen molar-refractivity contribution in [2.24, 2.45) is 0 Å². The standard InChI is InChI=1S/C46H58N4O6Si/c1-33(56-57(45(2,3)4,35-22-11-6-12-23-35)36-24-13-7-14-25-36)40(51)28-16-8-15-26-37-41(52)49-46(29-17-18-30-46)44(55)48-38(32-34-20-9-5-10-21-34)43(54)50-31-19-27-39(50)42(53)47-37/h5-14,16,20-25,33,37-39H,15,17-19,26-32H2,1-4H3,(H,47,53)(H,48,55)(H,49,52)/t33-,37+,38+,39-/m1/s1. The molecule has 4 atom stereocenters. The first kappa shape index (κ1) is 41.8. The first-order valence-corrected chi connectivity index (χ1v) is 22.5. The zero-order valence-electron chi connectivity index (χ0n) is 33.8. The summed E-state index contributed by atoms with van der Waals surface area (Å²) in [6, 6.07) is 27.4. The number of Topliss-reactive ketones (excluding diaryl/α,β-unsaturated/α-hetero) is 1. The summed E-state index contributed by atoms with van der Waals surface area (Å²) in [6.45, 7) is 8.77. The van der Waals surface area contributed by atoms with Crippen LogP contribution < -0.4 is 26.3 Å². The summed E-state index contributed by atoms with van der Waals surface area (Å²) in [7, 11) is -2.93. The van der Waals surface area contributed by atoms with E-state index in [1.54, 1.807) is 11.0 Å². The van der Waals surface area contributed by atoms with Crippen LogP contribution in [0.2, 0.25) is 5.04 Å². The van der Waals surface area contributed by atoms with E-state index in [0.717, 1.165) is 28.8 Å². The number of rotatable bonds is 12. The second-order valence-electron chi connectivity index (χ2n) is 16.9. The molecule has 6 rings (SSSR count). The summed E-state index contributed by atoms with van der Waals surface area (Å²) < 4.78 is 7.01. The zero-order valence-corrected chi connectivity index (χ0v) is 34.8. The second kappa shape index (κ2) is 18.2. The van der Waals surface area contributed by atoms with E-state index in [2.05, 4.69) is 61.0 Å². The normalized spacial score (nSPS) is 22.3. The zero-order chi connectivity index (χ0) is 40.6. The van der Waals surface area contributed by atoms with Gasteiger partial charge < -0.3 is 25.3 Å². The van der Waals surface area contributed by atoms with Gasteiger partial charge in [-0.1, -0.05) is 137 Å². The van der Waals surface area contributed by atoms with Gasteiger partial charge in [0.2, 0.25) is 23.6 Å². The molecular weight excluding hydrogens is 733 g/mol. The van der Waals surface area contributed by atoms with Gasteiger partial charge in [0.25, 0.3) is 8.32 Å². The number of carbonyl (C=O) groups excluding carboxylic acids is 5. The molecule has 0 radical (unpaired) electrons. The summed E-state index contributed by atoms with van der Waals surface area (Å²) in [4.78, 5) is 71.3. The predicted octanol–water partition coefficient (Wildman–Crippen LogP) is 4.89. The number of hydrogen-bond donors (Lipinski definition) is 3. The highest BCUT2D eigenvalue weighted by Crippen LogP contribution is 2.38. The van der Waals surface area contributed by atoms with E-state index in [1.807, 2.05) is 79.7 Å². The molecule has 2 aliphatic heterocycles. The largest absolute Gasteiger partial charge is 0.398 e. The monoisotopic (exact) mass is 790 g/mol. The molecule has 3 fully saturated rings. The van der Waals surface area contributed by atoms with Crippen LogP contribution in [0.25, 0.3) is 0 Å². The number of benzene rings is 3. The Morgan fingerprint density at radius 1 is 0.825 bits per heavy atom. The van der Waals surface area contributed by atoms with Crippen LogP contribution in [0, 0.1) is 0 Å². The van der Waals surface area contributed by atoms with E-state index in [4.69, 9.17) is 4.43 Å². The van der Waals surface area contributed by atoms with Crippen molar-refractivity contribution < 1.29 is 28.4 Å². The van der Waals surface area contributed by atoms with Crippen LogP contribution in [0.15, 0.2) is 103 Å². The van der Waals surface area contributed by atoms with Crippen molar-refractivity contribution >= 4 is 48.1 Å². The van der Waals surface area contributed by atoms with Crippen molar-refractivity contribution in [3.8, 4) is 0 Å². The molecule has 3 N–H and O–H groups in total. The fourth-order valence-corrected chi connectivity index (χ4v) is 13.5. The minimum atomic E-state index is -2.93. The smallest absolute Gasteiger partial charge is 0.262 e. The molecule has 57 heavy (non-hydrogen) atoms. The van der Waals surface area contributed by atoms with Gasteiger partial charge in [0, 0.05) is 19.4 Å². The fraction of sp³-hybridized carbons (Fsp3) is 0.457. The third kappa shape index (κ3) is 9.31. The highest BCUT2D eigenvalue weighted by molar-refractivity contribution is 6.99. The molecule has 11 heteroatoms. The number of allylic oxidation sites excluding steroid dienone is 2. The molecule has 0 unspecified atom stereocenters. The molecule has 3 aromatic rings. The van der Waals surface area contributed by atoms with E-state index in [1.165, 1.54) is 0 Å². The van der Waals surface area contributed by atoms with Crippen molar-refractivity contribution in [3.05, 3.63) is 109 Å². The third-order valence-corrected chi connectivity index (χ3v) is 17.1. The molecule has 3 aromatic carbocycles. The number of ketones is 1. The Labute approximate surface area is 338 Å². The molecule has 1 aliphatic carbocycles. The topological polar surface area (TPSA) is 134 Å². The van der Waals surface area contributed by atoms with Crippen molar-refractivity contribution in [1.29, 1.82) is 0 Å². The maximum atomic E-state index is 14.1. The average molecular weight is 791 g/mol. The van der Waals surface area contributed by atoms with Gasteiger partial charge in [-0.15, -0.1) is 0 Å². The lowest BCUT2D eigenvalue weighted by molar-refractivity contribution is -0.144. The van der Waals surface area contributed by atoms with Gasteiger partial charge in [-0.2, -0.15) is 0 Å². The van der Waals surface area contributed by atoms with Crippen molar-refractivity contribution in [3.63, 3.8) is 0 Å². The Morgan fingerprint density at radius 2 is 1.42 bits per heavy atom. The fourth-order valence-electron chi connectivity index (χ4n) is 8.86. The number of fused-ring (bicyclic) bond motifs is 1. The second-order valence-corrected chi connectivity index (χ2v) is 21.1. The van der Waals surface area contributed by atoms with E-state index in [9.17, 15) is 24.0 Å². The molecule has 0 bridgehead atoms. The van der Waals surface area contributed by atoms with Gasteiger partial charge in [-0.3, -0.25) is 24.0 Å². The summed E-state index contributed by atoms with van der Waals surface area (Å²) >= 11 is 0. The molecule has 2 saturated heterocycles. The molecule has 302 valence electrons. The maximum absolute atomic E-state index is 14.1. The predicted molar refractivity (Wildman–Crippen MR) is 224 cm³/mol. The molecular formula is C46H58N4O6Si. The molecule has 1 spiro atoms. The van der Waals surface area contributed by atoms with E-state index in [0.29, 0.717) is 38.6 Å². The van der Waals surface area contributed by atoms with Crippen molar-refractivity contribution in [1.82, 2.24) is 20.9 Å². The van der Waals surface area contributed by atoms with Crippen LogP contribution in [0.3, 0.4) is 0 Å². The van der Waals surface area contributed by atoms with Crippen LogP contribution in [-0.2, 0) is 34.8 Å². The summed E-state index contributed by atoms with van der Waals surface area (Å²) in [5.74, 6) is -1.50. The van der Waals surface area contributed by atoms with Crippen LogP contribution in [0.1, 0.15) is 91.0 Å². The molecule has 3 aliphatic rings. The Balaban J connectivity index is 1.15. The number of nitrogens with one attached hydrogen (secondary N) is 3. The van der Waals surface area contributed by atoms with Crippen molar-refractivity contribution in [2.45, 2.75) is 127 Å². The lowest BCUT2D eigenvalue weighted by Gasteiger charge is -2.44. The number of amides is 4. The first-order valence-electron chi connectivity index (χ1n) is 20.6. The van der Waals surface area contributed by atoms with E-state index in [-0.39, 0.29) is 47.8 Å². The number of nitrogens with zero attached hydrogens (tertiary/aromatic N) is 1. The van der Waals surface area contributed by atoms with Gasteiger partial charge in [0.15, 0.2) is 5.78 Å². The van der Waals surface area contributed by atoms with E-state index >= 15 is 0 Å². The van der Waals surface area contributed by atoms with Gasteiger partial charge in [0.05, 0.1) is 0 Å². The number of hydrogen-bond acceptors (Lipinski definition) is 6.